The Hall–Kier alpha value is -2.13. The predicted molar refractivity (Wildman–Crippen MR) is 124 cm³/mol. The molecule has 0 spiro atoms. The summed E-state index contributed by atoms with van der Waals surface area (Å²) in [5, 5.41) is 10.9. The van der Waals surface area contributed by atoms with E-state index < -0.39 is 12.4 Å². The topological polar surface area (TPSA) is 58.5 Å². The van der Waals surface area contributed by atoms with Crippen molar-refractivity contribution in [2.75, 3.05) is 13.1 Å². The number of ether oxygens (including phenoxy) is 1. The van der Waals surface area contributed by atoms with E-state index in [2.05, 4.69) is 47.0 Å². The largest absolute Gasteiger partial charge is 0.512 e. The molecule has 0 amide bonds. The van der Waals surface area contributed by atoms with E-state index in [1.54, 1.807) is 0 Å². The van der Waals surface area contributed by atoms with Gasteiger partial charge in [0.05, 0.1) is 23.2 Å². The second-order valence-corrected chi connectivity index (χ2v) is 10.4. The van der Waals surface area contributed by atoms with Gasteiger partial charge in [0.1, 0.15) is 10.8 Å². The first-order valence-electron chi connectivity index (χ1n) is 11.2. The number of thiazole rings is 1. The zero-order valence-electron chi connectivity index (χ0n) is 19.6. The SMILES string of the molecule is C=C(O)C1(CCC)CC(C(C)C)CN(Cc2sc(-c3cc(F)cnc3OC(F)F)nc2C)C1. The van der Waals surface area contributed by atoms with Gasteiger partial charge in [-0.15, -0.1) is 11.3 Å². The molecule has 1 aliphatic heterocycles. The number of hydrogen-bond donors (Lipinski definition) is 1. The fraction of sp³-hybridized carbons (Fsp3) is 0.583. The van der Waals surface area contributed by atoms with E-state index in [0.717, 1.165) is 48.6 Å². The normalized spacial score (nSPS) is 21.7. The van der Waals surface area contributed by atoms with Crippen LogP contribution in [0.4, 0.5) is 13.2 Å². The van der Waals surface area contributed by atoms with Gasteiger partial charge in [-0.2, -0.15) is 8.78 Å². The number of hydrogen-bond acceptors (Lipinski definition) is 6. The lowest BCUT2D eigenvalue weighted by atomic mass is 9.69. The maximum Gasteiger partial charge on any atom is 0.388 e. The van der Waals surface area contributed by atoms with Crippen LogP contribution in [0.2, 0.25) is 0 Å². The number of aliphatic hydroxyl groups is 1. The summed E-state index contributed by atoms with van der Waals surface area (Å²) in [5.74, 6) is 0.0982. The Labute approximate surface area is 197 Å². The smallest absolute Gasteiger partial charge is 0.388 e. The number of aliphatic hydroxyl groups excluding tert-OH is 1. The molecule has 0 bridgehead atoms. The summed E-state index contributed by atoms with van der Waals surface area (Å²) in [6, 6.07) is 1.12. The number of pyridine rings is 1. The van der Waals surface area contributed by atoms with Crippen LogP contribution in [0.25, 0.3) is 10.6 Å². The minimum Gasteiger partial charge on any atom is -0.512 e. The summed E-state index contributed by atoms with van der Waals surface area (Å²) in [6.45, 7) is 11.4. The Morgan fingerprint density at radius 1 is 1.42 bits per heavy atom. The highest BCUT2D eigenvalue weighted by molar-refractivity contribution is 7.15. The molecule has 0 aliphatic carbocycles. The van der Waals surface area contributed by atoms with Gasteiger partial charge in [0.15, 0.2) is 0 Å². The number of aryl methyl sites for hydroxylation is 1. The number of halogens is 3. The van der Waals surface area contributed by atoms with Gasteiger partial charge in [-0.1, -0.05) is 33.8 Å². The Morgan fingerprint density at radius 3 is 2.76 bits per heavy atom. The molecule has 9 heteroatoms. The Kier molecular flexibility index (Phi) is 8.05. The van der Waals surface area contributed by atoms with E-state index in [1.165, 1.54) is 11.3 Å². The molecule has 0 radical (unpaired) electrons. The monoisotopic (exact) mass is 483 g/mol. The van der Waals surface area contributed by atoms with Crippen LogP contribution in [-0.4, -0.2) is 39.7 Å². The number of alkyl halides is 2. The van der Waals surface area contributed by atoms with Crippen molar-refractivity contribution in [3.8, 4) is 16.5 Å². The van der Waals surface area contributed by atoms with Crippen LogP contribution >= 0.6 is 11.3 Å². The van der Waals surface area contributed by atoms with Crippen LogP contribution < -0.4 is 4.74 Å². The molecule has 3 rings (SSSR count). The lowest BCUT2D eigenvalue weighted by Crippen LogP contribution is -2.49. The average molecular weight is 484 g/mol. The molecule has 0 aromatic carbocycles. The third-order valence-electron chi connectivity index (χ3n) is 6.46. The molecule has 1 fully saturated rings. The summed E-state index contributed by atoms with van der Waals surface area (Å²) in [6.07, 6.45) is 3.55. The molecular formula is C24H32F3N3O2S. The van der Waals surface area contributed by atoms with Crippen LogP contribution in [0.3, 0.4) is 0 Å². The first kappa shape index (κ1) is 25.5. The Bertz CT molecular complexity index is 982. The highest BCUT2D eigenvalue weighted by Gasteiger charge is 2.42. The average Bonchev–Trinajstić information content (AvgIpc) is 3.09. The maximum atomic E-state index is 13.8. The molecule has 2 aromatic rings. The van der Waals surface area contributed by atoms with Crippen molar-refractivity contribution in [3.05, 3.63) is 41.0 Å². The Balaban J connectivity index is 1.90. The standard InChI is InChI=1S/C24H32F3N3O2S/c1-6-7-24(16(5)31)9-17(14(2)3)11-30(13-24)12-20-15(4)29-22(33-20)19-8-18(25)10-28-21(19)32-23(26)27/h8,10,14,17,23,31H,5-7,9,11-13H2,1-4H3. The molecule has 1 N–H and O–H groups in total. The van der Waals surface area contributed by atoms with E-state index >= 15 is 0 Å². The molecule has 2 unspecified atom stereocenters. The molecular weight excluding hydrogens is 451 g/mol. The summed E-state index contributed by atoms with van der Waals surface area (Å²) in [5.41, 5.74) is 0.504. The van der Waals surface area contributed by atoms with E-state index in [-0.39, 0.29) is 22.6 Å². The zero-order chi connectivity index (χ0) is 24.3. The number of aromatic nitrogens is 2. The van der Waals surface area contributed by atoms with Crippen LogP contribution in [0.15, 0.2) is 24.6 Å². The minimum atomic E-state index is -3.07. The van der Waals surface area contributed by atoms with E-state index in [1.807, 2.05) is 6.92 Å². The summed E-state index contributed by atoms with van der Waals surface area (Å²) in [7, 11) is 0. The molecule has 5 nitrogen and oxygen atoms in total. The van der Waals surface area contributed by atoms with Crippen molar-refractivity contribution in [1.82, 2.24) is 14.9 Å². The first-order chi connectivity index (χ1) is 15.5. The maximum absolute atomic E-state index is 13.8. The predicted octanol–water partition coefficient (Wildman–Crippen LogP) is 6.59. The van der Waals surface area contributed by atoms with Crippen LogP contribution in [-0.2, 0) is 6.54 Å². The van der Waals surface area contributed by atoms with Gasteiger partial charge in [0.2, 0.25) is 5.88 Å². The fourth-order valence-corrected chi connectivity index (χ4v) is 5.80. The zero-order valence-corrected chi connectivity index (χ0v) is 20.4. The molecule has 2 aromatic heterocycles. The van der Waals surface area contributed by atoms with Gasteiger partial charge < -0.3 is 9.84 Å². The molecule has 2 atom stereocenters. The summed E-state index contributed by atoms with van der Waals surface area (Å²) in [4.78, 5) is 11.5. The molecule has 1 aliphatic rings. The lowest BCUT2D eigenvalue weighted by molar-refractivity contribution is -0.0525. The Morgan fingerprint density at radius 2 is 2.15 bits per heavy atom. The van der Waals surface area contributed by atoms with Gasteiger partial charge in [-0.3, -0.25) is 4.90 Å². The van der Waals surface area contributed by atoms with E-state index in [4.69, 9.17) is 0 Å². The third kappa shape index (κ3) is 5.87. The quantitative estimate of drug-likeness (QED) is 0.408. The summed E-state index contributed by atoms with van der Waals surface area (Å²) < 4.78 is 43.9. The molecule has 1 saturated heterocycles. The van der Waals surface area contributed by atoms with Gasteiger partial charge in [-0.05, 0) is 37.7 Å². The van der Waals surface area contributed by atoms with Crippen molar-refractivity contribution in [2.45, 2.75) is 60.1 Å². The highest BCUT2D eigenvalue weighted by Crippen LogP contribution is 2.44. The molecule has 182 valence electrons. The molecule has 3 heterocycles. The van der Waals surface area contributed by atoms with Crippen LogP contribution in [0, 0.1) is 30.0 Å². The van der Waals surface area contributed by atoms with Crippen molar-refractivity contribution in [3.63, 3.8) is 0 Å². The second kappa shape index (κ2) is 10.4. The van der Waals surface area contributed by atoms with Crippen molar-refractivity contribution in [2.24, 2.45) is 17.3 Å². The van der Waals surface area contributed by atoms with Crippen molar-refractivity contribution < 1.29 is 23.0 Å². The third-order valence-corrected chi connectivity index (χ3v) is 7.64. The van der Waals surface area contributed by atoms with Gasteiger partial charge in [0, 0.05) is 29.9 Å². The van der Waals surface area contributed by atoms with Crippen molar-refractivity contribution >= 4 is 11.3 Å². The van der Waals surface area contributed by atoms with Gasteiger partial charge >= 0.3 is 6.61 Å². The van der Waals surface area contributed by atoms with Crippen LogP contribution in [0.5, 0.6) is 5.88 Å². The minimum absolute atomic E-state index is 0.109. The first-order valence-corrected chi connectivity index (χ1v) is 12.0. The van der Waals surface area contributed by atoms with E-state index in [9.17, 15) is 18.3 Å². The van der Waals surface area contributed by atoms with E-state index in [0.29, 0.717) is 29.9 Å². The number of rotatable bonds is 9. The number of likely N-dealkylation sites (tertiary alicyclic amines) is 1. The molecule has 0 saturated carbocycles. The number of nitrogens with zero attached hydrogens (tertiary/aromatic N) is 3. The summed E-state index contributed by atoms with van der Waals surface area (Å²) >= 11 is 1.32. The fourth-order valence-electron chi connectivity index (χ4n) is 4.69. The van der Waals surface area contributed by atoms with Crippen LogP contribution in [0.1, 0.15) is 50.6 Å². The van der Waals surface area contributed by atoms with Gasteiger partial charge in [-0.25, -0.2) is 14.4 Å². The second-order valence-electron chi connectivity index (χ2n) is 9.27. The van der Waals surface area contributed by atoms with Crippen molar-refractivity contribution in [1.29, 1.82) is 0 Å². The highest BCUT2D eigenvalue weighted by atomic mass is 32.1. The number of piperidine rings is 1. The molecule has 33 heavy (non-hydrogen) atoms. The van der Waals surface area contributed by atoms with Gasteiger partial charge in [0.25, 0.3) is 0 Å². The lowest BCUT2D eigenvalue weighted by Gasteiger charge is -2.47.